The SMILES string of the molecule is C[C@@H]1NC(=O)[C@H]2CCCN2C(=O)[C@@H](Cc2ccccc2)NC(=O)COc2ccc(cc2)C[C@@H](C(=O)N(C)Cc2cc(C3CC3)n[nH]2)NC1=O. The van der Waals surface area contributed by atoms with Crippen molar-refractivity contribution in [1.29, 1.82) is 0 Å². The summed E-state index contributed by atoms with van der Waals surface area (Å²) in [6.07, 6.45) is 3.65. The van der Waals surface area contributed by atoms with E-state index in [4.69, 9.17) is 4.74 Å². The molecule has 2 bridgehead atoms. The van der Waals surface area contributed by atoms with Crippen molar-refractivity contribution in [1.82, 2.24) is 35.9 Å². The number of hydrogen-bond donors (Lipinski definition) is 4. The third-order valence-corrected chi connectivity index (χ3v) is 9.28. The molecule has 258 valence electrons. The molecule has 3 aliphatic heterocycles. The summed E-state index contributed by atoms with van der Waals surface area (Å²) in [6, 6.07) is 14.6. The van der Waals surface area contributed by atoms with E-state index in [1.807, 2.05) is 36.4 Å². The molecule has 4 atom stereocenters. The van der Waals surface area contributed by atoms with Crippen molar-refractivity contribution in [3.63, 3.8) is 0 Å². The van der Waals surface area contributed by atoms with Crippen LogP contribution in [-0.2, 0) is 43.4 Å². The van der Waals surface area contributed by atoms with Crippen LogP contribution in [0, 0.1) is 0 Å². The Kier molecular flexibility index (Phi) is 10.3. The highest BCUT2D eigenvalue weighted by atomic mass is 16.5. The normalized spacial score (nSPS) is 23.7. The molecule has 1 aromatic heterocycles. The van der Waals surface area contributed by atoms with Gasteiger partial charge in [-0.15, -0.1) is 0 Å². The highest BCUT2D eigenvalue weighted by Gasteiger charge is 2.39. The van der Waals surface area contributed by atoms with Crippen molar-refractivity contribution in [2.24, 2.45) is 0 Å². The van der Waals surface area contributed by atoms with Gasteiger partial charge in [-0.05, 0) is 61.9 Å². The fraction of sp³-hybridized carbons (Fsp3) is 0.444. The van der Waals surface area contributed by atoms with Gasteiger partial charge in [-0.3, -0.25) is 29.1 Å². The number of H-pyrrole nitrogens is 1. The fourth-order valence-electron chi connectivity index (χ4n) is 6.42. The summed E-state index contributed by atoms with van der Waals surface area (Å²) in [5.74, 6) is -1.27. The largest absolute Gasteiger partial charge is 0.484 e. The first-order valence-electron chi connectivity index (χ1n) is 16.9. The second-order valence-corrected chi connectivity index (χ2v) is 13.2. The molecule has 0 spiro atoms. The Morgan fingerprint density at radius 1 is 0.959 bits per heavy atom. The zero-order chi connectivity index (χ0) is 34.5. The van der Waals surface area contributed by atoms with Crippen LogP contribution in [0.15, 0.2) is 60.7 Å². The van der Waals surface area contributed by atoms with Crippen LogP contribution < -0.4 is 20.7 Å². The highest BCUT2D eigenvalue weighted by Crippen LogP contribution is 2.39. The van der Waals surface area contributed by atoms with Gasteiger partial charge < -0.3 is 30.5 Å². The minimum Gasteiger partial charge on any atom is -0.484 e. The Bertz CT molecular complexity index is 1670. The number of aromatic amines is 1. The first-order valence-corrected chi connectivity index (χ1v) is 16.9. The van der Waals surface area contributed by atoms with Gasteiger partial charge in [0.15, 0.2) is 6.61 Å². The minimum absolute atomic E-state index is 0.179. The Labute approximate surface area is 285 Å². The van der Waals surface area contributed by atoms with E-state index in [2.05, 4.69) is 26.1 Å². The number of rotatable bonds is 6. The van der Waals surface area contributed by atoms with E-state index in [1.165, 1.54) is 9.80 Å². The standard InChI is InChI=1S/C36H43N7O6/c1-22-33(45)39-29(35(47)42(2)20-26-19-28(41-40-26)25-12-13-25)18-24-10-14-27(15-11-24)49-21-32(44)38-30(17-23-7-4-3-5-8-23)36(48)43-16-6-9-31(43)34(46)37-22/h3-5,7-8,10-11,14-15,19,22,25,29-31H,6,9,12-13,16-18,20-21H2,1-2H3,(H,37,46)(H,38,44)(H,39,45)(H,40,41)/t22-,29-,30+,31+/m0/s1. The average Bonchev–Trinajstić information content (AvgIpc) is 3.63. The van der Waals surface area contributed by atoms with Gasteiger partial charge in [0.1, 0.15) is 29.9 Å². The van der Waals surface area contributed by atoms with E-state index in [0.29, 0.717) is 31.1 Å². The number of carbonyl (C=O) groups excluding carboxylic acids is 5. The van der Waals surface area contributed by atoms with Gasteiger partial charge in [-0.2, -0.15) is 5.10 Å². The van der Waals surface area contributed by atoms with Crippen molar-refractivity contribution in [3.05, 3.63) is 83.2 Å². The number of carbonyl (C=O) groups is 5. The summed E-state index contributed by atoms with van der Waals surface area (Å²) in [5, 5.41) is 15.8. The van der Waals surface area contributed by atoms with Crippen LogP contribution in [0.4, 0.5) is 0 Å². The molecule has 7 rings (SSSR count). The number of nitrogens with zero attached hydrogens (tertiary/aromatic N) is 3. The number of nitrogens with one attached hydrogen (secondary N) is 4. The number of hydrogen-bond acceptors (Lipinski definition) is 7. The van der Waals surface area contributed by atoms with E-state index in [0.717, 1.165) is 35.4 Å². The third-order valence-electron chi connectivity index (χ3n) is 9.28. The van der Waals surface area contributed by atoms with Gasteiger partial charge in [0.05, 0.1) is 17.9 Å². The quantitative estimate of drug-likeness (QED) is 0.310. The number of aromatic nitrogens is 2. The summed E-state index contributed by atoms with van der Waals surface area (Å²) in [6.45, 7) is 1.85. The van der Waals surface area contributed by atoms with Crippen molar-refractivity contribution in [3.8, 4) is 5.75 Å². The predicted octanol–water partition coefficient (Wildman–Crippen LogP) is 1.59. The molecule has 13 heteroatoms. The van der Waals surface area contributed by atoms with Crippen molar-refractivity contribution >= 4 is 29.5 Å². The van der Waals surface area contributed by atoms with Crippen molar-refractivity contribution in [2.75, 3.05) is 20.2 Å². The molecular weight excluding hydrogens is 626 g/mol. The van der Waals surface area contributed by atoms with Crippen LogP contribution in [0.2, 0.25) is 0 Å². The smallest absolute Gasteiger partial charge is 0.258 e. The number of likely N-dealkylation sites (N-methyl/N-ethyl adjacent to an activating group) is 1. The lowest BCUT2D eigenvalue weighted by Gasteiger charge is -2.30. The topological polar surface area (TPSA) is 166 Å². The van der Waals surface area contributed by atoms with Crippen molar-refractivity contribution < 1.29 is 28.7 Å². The second-order valence-electron chi connectivity index (χ2n) is 13.2. The first kappa shape index (κ1) is 33.7. The Morgan fingerprint density at radius 2 is 1.71 bits per heavy atom. The number of ether oxygens (including phenoxy) is 1. The maximum atomic E-state index is 13.9. The zero-order valence-electron chi connectivity index (χ0n) is 27.8. The Hall–Kier alpha value is -5.20. The monoisotopic (exact) mass is 669 g/mol. The van der Waals surface area contributed by atoms with Crippen LogP contribution in [0.25, 0.3) is 0 Å². The van der Waals surface area contributed by atoms with Gasteiger partial charge >= 0.3 is 0 Å². The van der Waals surface area contributed by atoms with Crippen LogP contribution in [0.3, 0.4) is 0 Å². The first-order chi connectivity index (χ1) is 23.6. The third kappa shape index (κ3) is 8.45. The van der Waals surface area contributed by atoms with Crippen LogP contribution >= 0.6 is 0 Å². The maximum Gasteiger partial charge on any atom is 0.258 e. The highest BCUT2D eigenvalue weighted by molar-refractivity contribution is 5.96. The molecule has 13 nitrogen and oxygen atoms in total. The average molecular weight is 670 g/mol. The second kappa shape index (κ2) is 14.9. The van der Waals surface area contributed by atoms with Crippen molar-refractivity contribution in [2.45, 2.75) is 82.1 Å². The summed E-state index contributed by atoms with van der Waals surface area (Å²) in [7, 11) is 1.67. The molecular formula is C36H43N7O6. The summed E-state index contributed by atoms with van der Waals surface area (Å²) < 4.78 is 5.75. The van der Waals surface area contributed by atoms with Crippen LogP contribution in [0.5, 0.6) is 5.75 Å². The van der Waals surface area contributed by atoms with Crippen LogP contribution in [0.1, 0.15) is 61.0 Å². The number of amides is 5. The summed E-state index contributed by atoms with van der Waals surface area (Å²) in [4.78, 5) is 70.9. The van der Waals surface area contributed by atoms with Gasteiger partial charge in [-0.1, -0.05) is 42.5 Å². The molecule has 2 aromatic carbocycles. The minimum atomic E-state index is -0.989. The number of fused-ring (bicyclic) bond motifs is 13. The molecule has 1 aliphatic carbocycles. The molecule has 4 heterocycles. The van der Waals surface area contributed by atoms with E-state index in [9.17, 15) is 24.0 Å². The van der Waals surface area contributed by atoms with Gasteiger partial charge in [0.25, 0.3) is 5.91 Å². The molecule has 3 aromatic rings. The van der Waals surface area contributed by atoms with E-state index in [-0.39, 0.29) is 37.8 Å². The molecule has 2 fully saturated rings. The molecule has 4 aliphatic rings. The molecule has 4 N–H and O–H groups in total. The molecule has 5 amide bonds. The molecule has 49 heavy (non-hydrogen) atoms. The van der Waals surface area contributed by atoms with E-state index >= 15 is 0 Å². The lowest BCUT2D eigenvalue weighted by Crippen LogP contribution is -2.57. The lowest BCUT2D eigenvalue weighted by atomic mass is 10.0. The predicted molar refractivity (Wildman–Crippen MR) is 179 cm³/mol. The van der Waals surface area contributed by atoms with E-state index in [1.54, 1.807) is 38.2 Å². The summed E-state index contributed by atoms with van der Waals surface area (Å²) in [5.41, 5.74) is 3.40. The van der Waals surface area contributed by atoms with Crippen LogP contribution in [-0.4, -0.2) is 93.9 Å². The van der Waals surface area contributed by atoms with Gasteiger partial charge in [0, 0.05) is 32.4 Å². The van der Waals surface area contributed by atoms with Gasteiger partial charge in [0.2, 0.25) is 23.6 Å². The summed E-state index contributed by atoms with van der Waals surface area (Å²) >= 11 is 0. The molecule has 1 saturated heterocycles. The Balaban J connectivity index is 1.22. The number of benzene rings is 2. The van der Waals surface area contributed by atoms with Gasteiger partial charge in [-0.25, -0.2) is 0 Å². The fourth-order valence-corrected chi connectivity index (χ4v) is 6.42. The molecule has 0 unspecified atom stereocenters. The molecule has 0 radical (unpaired) electrons. The van der Waals surface area contributed by atoms with E-state index < -0.39 is 41.9 Å². The molecule has 1 saturated carbocycles. The zero-order valence-corrected chi connectivity index (χ0v) is 27.8. The lowest BCUT2D eigenvalue weighted by molar-refractivity contribution is -0.142. The maximum absolute atomic E-state index is 13.9. The Morgan fingerprint density at radius 3 is 2.45 bits per heavy atom.